The number of aliphatic hydroxyl groups excluding tert-OH is 2. The highest BCUT2D eigenvalue weighted by atomic mass is 16.4. The molecular formula is C8H16O4. The summed E-state index contributed by atoms with van der Waals surface area (Å²) in [6, 6.07) is 0. The minimum absolute atomic E-state index is 0.0598. The van der Waals surface area contributed by atoms with E-state index in [1.54, 1.807) is 0 Å². The molecule has 0 aromatic rings. The standard InChI is InChI=1S/C8H16O4/c9-5-3-7(4-6-10)1-2-8(11)12/h7,9-10H,1-6H2,(H,11,12). The highest BCUT2D eigenvalue weighted by Gasteiger charge is 2.09. The van der Waals surface area contributed by atoms with E-state index >= 15 is 0 Å². The molecule has 0 unspecified atom stereocenters. The van der Waals surface area contributed by atoms with Crippen molar-refractivity contribution in [2.24, 2.45) is 5.92 Å². The maximum Gasteiger partial charge on any atom is 0.303 e. The highest BCUT2D eigenvalue weighted by Crippen LogP contribution is 2.14. The van der Waals surface area contributed by atoms with Crippen molar-refractivity contribution >= 4 is 5.97 Å². The Morgan fingerprint density at radius 1 is 1.08 bits per heavy atom. The first-order valence-corrected chi connectivity index (χ1v) is 4.14. The van der Waals surface area contributed by atoms with E-state index in [9.17, 15) is 4.79 Å². The normalized spacial score (nSPS) is 10.6. The van der Waals surface area contributed by atoms with Gasteiger partial charge in [0.2, 0.25) is 0 Å². The number of carboxylic acids is 1. The molecule has 4 heteroatoms. The third-order valence-corrected chi connectivity index (χ3v) is 1.84. The van der Waals surface area contributed by atoms with Crippen LogP contribution in [0.1, 0.15) is 25.7 Å². The van der Waals surface area contributed by atoms with E-state index in [1.807, 2.05) is 0 Å². The Balaban J connectivity index is 3.54. The van der Waals surface area contributed by atoms with Gasteiger partial charge in [-0.15, -0.1) is 0 Å². The van der Waals surface area contributed by atoms with Crippen molar-refractivity contribution in [2.75, 3.05) is 13.2 Å². The predicted molar refractivity (Wildman–Crippen MR) is 43.8 cm³/mol. The molecule has 72 valence electrons. The van der Waals surface area contributed by atoms with Crippen LogP contribution >= 0.6 is 0 Å². The van der Waals surface area contributed by atoms with Crippen molar-refractivity contribution in [3.8, 4) is 0 Å². The number of carbonyl (C=O) groups is 1. The summed E-state index contributed by atoms with van der Waals surface area (Å²) >= 11 is 0. The molecule has 0 radical (unpaired) electrons. The van der Waals surface area contributed by atoms with E-state index in [0.717, 1.165) is 0 Å². The topological polar surface area (TPSA) is 77.8 Å². The molecule has 0 aliphatic heterocycles. The summed E-state index contributed by atoms with van der Waals surface area (Å²) in [4.78, 5) is 10.2. The smallest absolute Gasteiger partial charge is 0.303 e. The van der Waals surface area contributed by atoms with Crippen LogP contribution in [0.5, 0.6) is 0 Å². The second kappa shape index (κ2) is 7.06. The lowest BCUT2D eigenvalue weighted by Crippen LogP contribution is -2.08. The molecule has 12 heavy (non-hydrogen) atoms. The molecule has 0 atom stereocenters. The molecule has 0 heterocycles. The van der Waals surface area contributed by atoms with E-state index in [-0.39, 0.29) is 25.6 Å². The molecule has 4 nitrogen and oxygen atoms in total. The average molecular weight is 176 g/mol. The van der Waals surface area contributed by atoms with Gasteiger partial charge in [0.15, 0.2) is 0 Å². The third-order valence-electron chi connectivity index (χ3n) is 1.84. The summed E-state index contributed by atoms with van der Waals surface area (Å²) in [5.41, 5.74) is 0. The van der Waals surface area contributed by atoms with Gasteiger partial charge in [0, 0.05) is 19.6 Å². The Labute approximate surface area is 71.8 Å². The van der Waals surface area contributed by atoms with Gasteiger partial charge in [-0.1, -0.05) is 0 Å². The minimum Gasteiger partial charge on any atom is -0.481 e. The van der Waals surface area contributed by atoms with Gasteiger partial charge in [-0.25, -0.2) is 0 Å². The SMILES string of the molecule is O=C(O)CCC(CCO)CCO. The number of aliphatic hydroxyl groups is 2. The molecule has 0 aromatic carbocycles. The number of hydrogen-bond donors (Lipinski definition) is 3. The number of carboxylic acid groups (broad SMARTS) is 1. The van der Waals surface area contributed by atoms with Crippen LogP contribution in [-0.4, -0.2) is 34.5 Å². The summed E-state index contributed by atoms with van der Waals surface area (Å²) in [6.07, 6.45) is 1.81. The Hall–Kier alpha value is -0.610. The molecule has 0 bridgehead atoms. The van der Waals surface area contributed by atoms with Crippen molar-refractivity contribution in [3.63, 3.8) is 0 Å². The minimum atomic E-state index is -0.823. The molecule has 0 spiro atoms. The predicted octanol–water partition coefficient (Wildman–Crippen LogP) is 0.232. The van der Waals surface area contributed by atoms with Gasteiger partial charge in [0.05, 0.1) is 0 Å². The monoisotopic (exact) mass is 176 g/mol. The quantitative estimate of drug-likeness (QED) is 0.519. The van der Waals surface area contributed by atoms with Gasteiger partial charge >= 0.3 is 5.97 Å². The van der Waals surface area contributed by atoms with E-state index in [4.69, 9.17) is 15.3 Å². The number of aliphatic carboxylic acids is 1. The van der Waals surface area contributed by atoms with Crippen molar-refractivity contribution in [1.82, 2.24) is 0 Å². The molecule has 0 saturated carbocycles. The van der Waals surface area contributed by atoms with Crippen molar-refractivity contribution in [2.45, 2.75) is 25.7 Å². The molecule has 0 rings (SSSR count). The molecule has 0 aromatic heterocycles. The van der Waals surface area contributed by atoms with Crippen LogP contribution in [-0.2, 0) is 4.79 Å². The molecular weight excluding hydrogens is 160 g/mol. The number of rotatable bonds is 7. The summed E-state index contributed by atoms with van der Waals surface area (Å²) in [5.74, 6) is -0.688. The lowest BCUT2D eigenvalue weighted by atomic mass is 9.97. The van der Waals surface area contributed by atoms with Gasteiger partial charge in [0.1, 0.15) is 0 Å². The van der Waals surface area contributed by atoms with Gasteiger partial charge in [0.25, 0.3) is 0 Å². The highest BCUT2D eigenvalue weighted by molar-refractivity contribution is 5.66. The van der Waals surface area contributed by atoms with Gasteiger partial charge in [-0.2, -0.15) is 0 Å². The second-order valence-corrected chi connectivity index (χ2v) is 2.82. The van der Waals surface area contributed by atoms with E-state index < -0.39 is 5.97 Å². The van der Waals surface area contributed by atoms with Crippen molar-refractivity contribution in [3.05, 3.63) is 0 Å². The van der Waals surface area contributed by atoms with Gasteiger partial charge < -0.3 is 15.3 Å². The van der Waals surface area contributed by atoms with E-state index in [0.29, 0.717) is 19.3 Å². The summed E-state index contributed by atoms with van der Waals surface area (Å²) < 4.78 is 0. The van der Waals surface area contributed by atoms with Crippen LogP contribution < -0.4 is 0 Å². The fourth-order valence-electron chi connectivity index (χ4n) is 1.13. The first kappa shape index (κ1) is 11.4. The lowest BCUT2D eigenvalue weighted by Gasteiger charge is -2.12. The summed E-state index contributed by atoms with van der Waals surface area (Å²) in [7, 11) is 0. The van der Waals surface area contributed by atoms with Crippen molar-refractivity contribution < 1.29 is 20.1 Å². The summed E-state index contributed by atoms with van der Waals surface area (Å²) in [6.45, 7) is 0.120. The van der Waals surface area contributed by atoms with Crippen LogP contribution in [0.3, 0.4) is 0 Å². The maximum atomic E-state index is 10.2. The molecule has 0 saturated heterocycles. The van der Waals surface area contributed by atoms with E-state index in [2.05, 4.69) is 0 Å². The Morgan fingerprint density at radius 2 is 1.58 bits per heavy atom. The number of hydrogen-bond acceptors (Lipinski definition) is 3. The fourth-order valence-corrected chi connectivity index (χ4v) is 1.13. The van der Waals surface area contributed by atoms with Gasteiger partial charge in [-0.3, -0.25) is 4.79 Å². The Kier molecular flexibility index (Phi) is 6.70. The zero-order valence-electron chi connectivity index (χ0n) is 7.07. The Bertz CT molecular complexity index is 118. The van der Waals surface area contributed by atoms with Crippen molar-refractivity contribution in [1.29, 1.82) is 0 Å². The molecule has 0 aliphatic carbocycles. The third kappa shape index (κ3) is 6.12. The Morgan fingerprint density at radius 3 is 1.92 bits per heavy atom. The lowest BCUT2D eigenvalue weighted by molar-refractivity contribution is -0.137. The van der Waals surface area contributed by atoms with Crippen LogP contribution in [0.15, 0.2) is 0 Å². The van der Waals surface area contributed by atoms with Gasteiger partial charge in [-0.05, 0) is 25.2 Å². The van der Waals surface area contributed by atoms with Crippen LogP contribution in [0.25, 0.3) is 0 Å². The maximum absolute atomic E-state index is 10.2. The molecule has 0 fully saturated rings. The van der Waals surface area contributed by atoms with E-state index in [1.165, 1.54) is 0 Å². The largest absolute Gasteiger partial charge is 0.481 e. The van der Waals surface area contributed by atoms with Crippen LogP contribution in [0.2, 0.25) is 0 Å². The zero-order valence-corrected chi connectivity index (χ0v) is 7.07. The molecule has 0 aliphatic rings. The first-order chi connectivity index (χ1) is 5.70. The first-order valence-electron chi connectivity index (χ1n) is 4.14. The second-order valence-electron chi connectivity index (χ2n) is 2.82. The fraction of sp³-hybridized carbons (Fsp3) is 0.875. The van der Waals surface area contributed by atoms with Crippen LogP contribution in [0, 0.1) is 5.92 Å². The zero-order chi connectivity index (χ0) is 9.40. The average Bonchev–Trinajstić information content (AvgIpc) is 2.01. The molecule has 3 N–H and O–H groups in total. The molecule has 0 amide bonds. The van der Waals surface area contributed by atoms with Crippen LogP contribution in [0.4, 0.5) is 0 Å². The summed E-state index contributed by atoms with van der Waals surface area (Å²) in [5, 5.41) is 25.6.